The molecule has 0 spiro atoms. The topological polar surface area (TPSA) is 146 Å². The van der Waals surface area contributed by atoms with Crippen LogP contribution in [0.5, 0.6) is 11.5 Å². The number of benzene rings is 1. The number of carbonyl (C=O) groups excluding carboxylic acids is 1. The fourth-order valence-corrected chi connectivity index (χ4v) is 2.46. The van der Waals surface area contributed by atoms with Crippen molar-refractivity contribution in [2.75, 3.05) is 5.32 Å². The number of aromatic nitrogens is 5. The van der Waals surface area contributed by atoms with E-state index in [-0.39, 0.29) is 46.5 Å². The predicted molar refractivity (Wildman–Crippen MR) is 102 cm³/mol. The number of amides is 1. The average molecular weight is 389 g/mol. The van der Waals surface area contributed by atoms with Gasteiger partial charge in [-0.25, -0.2) is 0 Å². The minimum absolute atomic E-state index is 0. The number of ether oxygens (including phenoxy) is 1. The smallest absolute Gasteiger partial charge is 0.270 e. The Kier molecular flexibility index (Phi) is 7.01. The number of para-hydroxylation sites is 1. The molecule has 0 fully saturated rings. The molecule has 0 aliphatic rings. The molecule has 0 bridgehead atoms. The fraction of sp³-hybridized carbons (Fsp3) is 0. The Hall–Kier alpha value is -3.05. The van der Waals surface area contributed by atoms with Crippen LogP contribution in [0.3, 0.4) is 0 Å². The molecule has 3 heterocycles. The number of nitrogens with one attached hydrogen (secondary N) is 2. The predicted octanol–water partition coefficient (Wildman–Crippen LogP) is 0.652. The molecule has 0 unspecified atom stereocenters. The summed E-state index contributed by atoms with van der Waals surface area (Å²) in [6, 6.07) is 15.7. The summed E-state index contributed by atoms with van der Waals surface area (Å²) in [5.74, 6) is 0.266. The maximum Gasteiger partial charge on any atom is 0.270 e. The van der Waals surface area contributed by atoms with E-state index >= 15 is 0 Å². The molecule has 4 rings (SSSR count). The van der Waals surface area contributed by atoms with Gasteiger partial charge in [-0.2, -0.15) is 5.21 Å². The van der Waals surface area contributed by atoms with Gasteiger partial charge >= 0.3 is 0 Å². The Balaban J connectivity index is 0.00000140. The molecule has 137 valence electrons. The number of hydrogen-bond acceptors (Lipinski definition) is 6. The number of carbonyl (C=O) groups is 1. The van der Waals surface area contributed by atoms with Crippen molar-refractivity contribution in [2.45, 2.75) is 0 Å². The van der Waals surface area contributed by atoms with Crippen LogP contribution < -0.4 is 15.6 Å². The second kappa shape index (κ2) is 9.24. The van der Waals surface area contributed by atoms with Gasteiger partial charge < -0.3 is 10.2 Å². The Labute approximate surface area is 180 Å². The molecule has 4 N–H and O–H groups in total. The summed E-state index contributed by atoms with van der Waals surface area (Å²) in [5.41, 5.74) is -0.0519. The van der Waals surface area contributed by atoms with Gasteiger partial charge in [-0.3, -0.25) is 19.3 Å². The van der Waals surface area contributed by atoms with Gasteiger partial charge in [0, 0.05) is 41.8 Å². The molecule has 1 radical (unpaired) electrons. The number of anilines is 1. The SMILES string of the molecule is O.O=C(Nc1nn[nH]n1)c1cc(Oc2ccccc2)c2ccccn2c1=O.[Na]. The summed E-state index contributed by atoms with van der Waals surface area (Å²) in [7, 11) is 0. The zero-order chi connectivity index (χ0) is 17.9. The molecule has 3 aromatic heterocycles. The van der Waals surface area contributed by atoms with E-state index < -0.39 is 11.5 Å². The average Bonchev–Trinajstić information content (AvgIpc) is 3.18. The molecule has 1 amide bonds. The zero-order valence-corrected chi connectivity index (χ0v) is 16.8. The van der Waals surface area contributed by atoms with Crippen LogP contribution >= 0.6 is 0 Å². The number of fused-ring (bicyclic) bond motifs is 1. The van der Waals surface area contributed by atoms with Crippen LogP contribution in [0.25, 0.3) is 5.52 Å². The molecule has 0 saturated carbocycles. The molecular formula is C17H14N6NaO4. The molecule has 28 heavy (non-hydrogen) atoms. The molecule has 0 aliphatic heterocycles. The molecule has 0 aliphatic carbocycles. The summed E-state index contributed by atoms with van der Waals surface area (Å²) >= 11 is 0. The Morgan fingerprint density at radius 2 is 1.86 bits per heavy atom. The van der Waals surface area contributed by atoms with E-state index in [4.69, 9.17) is 4.74 Å². The van der Waals surface area contributed by atoms with Crippen LogP contribution in [0, 0.1) is 0 Å². The third kappa shape index (κ3) is 4.26. The van der Waals surface area contributed by atoms with Crippen LogP contribution in [-0.4, -0.2) is 66.0 Å². The molecule has 10 nitrogen and oxygen atoms in total. The maximum atomic E-state index is 12.7. The molecule has 1 aromatic carbocycles. The largest absolute Gasteiger partial charge is 0.455 e. The van der Waals surface area contributed by atoms with Gasteiger partial charge in [0.25, 0.3) is 17.4 Å². The van der Waals surface area contributed by atoms with Crippen molar-refractivity contribution in [2.24, 2.45) is 0 Å². The van der Waals surface area contributed by atoms with Crippen molar-refractivity contribution in [3.8, 4) is 11.5 Å². The third-order valence-corrected chi connectivity index (χ3v) is 3.62. The number of pyridine rings is 2. The van der Waals surface area contributed by atoms with E-state index in [0.717, 1.165) is 0 Å². The first kappa shape index (κ1) is 21.3. The van der Waals surface area contributed by atoms with Crippen LogP contribution in [0.15, 0.2) is 65.6 Å². The fourth-order valence-electron chi connectivity index (χ4n) is 2.46. The summed E-state index contributed by atoms with van der Waals surface area (Å²) in [6.07, 6.45) is 1.57. The number of rotatable bonds is 4. The maximum absolute atomic E-state index is 12.7. The van der Waals surface area contributed by atoms with Crippen molar-refractivity contribution >= 4 is 46.9 Å². The molecular weight excluding hydrogens is 375 g/mol. The van der Waals surface area contributed by atoms with E-state index in [1.54, 1.807) is 36.5 Å². The number of nitrogens with zero attached hydrogens (tertiary/aromatic N) is 4. The van der Waals surface area contributed by atoms with Gasteiger partial charge in [-0.05, 0) is 29.5 Å². The minimum Gasteiger partial charge on any atom is -0.455 e. The Morgan fingerprint density at radius 3 is 2.57 bits per heavy atom. The van der Waals surface area contributed by atoms with Crippen molar-refractivity contribution in [3.05, 3.63) is 76.7 Å². The summed E-state index contributed by atoms with van der Waals surface area (Å²) in [5, 5.41) is 15.3. The Bertz CT molecular complexity index is 1130. The number of tetrazole rings is 1. The second-order valence-electron chi connectivity index (χ2n) is 5.29. The van der Waals surface area contributed by atoms with Gasteiger partial charge in [-0.1, -0.05) is 29.4 Å². The number of hydrogen-bond donors (Lipinski definition) is 2. The Morgan fingerprint density at radius 1 is 1.11 bits per heavy atom. The van der Waals surface area contributed by atoms with Gasteiger partial charge in [0.05, 0.1) is 5.52 Å². The van der Waals surface area contributed by atoms with Crippen LogP contribution in [0.2, 0.25) is 0 Å². The van der Waals surface area contributed by atoms with E-state index in [2.05, 4.69) is 25.9 Å². The molecule has 0 atom stereocenters. The first-order valence-corrected chi connectivity index (χ1v) is 7.64. The first-order chi connectivity index (χ1) is 12.7. The van der Waals surface area contributed by atoms with Crippen molar-refractivity contribution in [1.82, 2.24) is 25.0 Å². The number of H-pyrrole nitrogens is 1. The van der Waals surface area contributed by atoms with E-state index in [1.807, 2.05) is 18.2 Å². The summed E-state index contributed by atoms with van der Waals surface area (Å²) < 4.78 is 7.23. The van der Waals surface area contributed by atoms with Crippen molar-refractivity contribution in [1.29, 1.82) is 0 Å². The monoisotopic (exact) mass is 389 g/mol. The minimum atomic E-state index is -0.660. The summed E-state index contributed by atoms with van der Waals surface area (Å²) in [6.45, 7) is 0. The van der Waals surface area contributed by atoms with Gasteiger partial charge in [0.15, 0.2) is 5.75 Å². The van der Waals surface area contributed by atoms with E-state index in [1.165, 1.54) is 10.5 Å². The van der Waals surface area contributed by atoms with Crippen LogP contribution in [0.4, 0.5) is 5.95 Å². The second-order valence-corrected chi connectivity index (χ2v) is 5.29. The normalized spacial score (nSPS) is 9.86. The van der Waals surface area contributed by atoms with E-state index in [0.29, 0.717) is 17.0 Å². The van der Waals surface area contributed by atoms with Gasteiger partial charge in [0.1, 0.15) is 11.3 Å². The molecule has 4 aromatic rings. The standard InChI is InChI=1S/C17H12N6O3.Na.H2O/c24-15(18-17-19-21-22-20-17)12-10-14(26-11-6-2-1-3-7-11)13-8-4-5-9-23(13)16(12)25;;/h1-10H,(H2,18,19,20,21,22,24);;1H2. The van der Waals surface area contributed by atoms with Crippen molar-refractivity contribution < 1.29 is 15.0 Å². The van der Waals surface area contributed by atoms with Gasteiger partial charge in [0.2, 0.25) is 0 Å². The van der Waals surface area contributed by atoms with E-state index in [9.17, 15) is 9.59 Å². The number of aromatic amines is 1. The quantitative estimate of drug-likeness (QED) is 0.490. The van der Waals surface area contributed by atoms with Crippen molar-refractivity contribution in [3.63, 3.8) is 0 Å². The van der Waals surface area contributed by atoms with Crippen LogP contribution in [0.1, 0.15) is 10.4 Å². The molecule has 0 saturated heterocycles. The first-order valence-electron chi connectivity index (χ1n) is 7.64. The van der Waals surface area contributed by atoms with Crippen LogP contribution in [-0.2, 0) is 0 Å². The third-order valence-electron chi connectivity index (χ3n) is 3.62. The molecule has 11 heteroatoms. The van der Waals surface area contributed by atoms with Gasteiger partial charge in [-0.15, -0.1) is 5.10 Å². The summed E-state index contributed by atoms with van der Waals surface area (Å²) in [4.78, 5) is 25.2. The zero-order valence-electron chi connectivity index (χ0n) is 14.8.